The predicted molar refractivity (Wildman–Crippen MR) is 120 cm³/mol. The van der Waals surface area contributed by atoms with Crippen LogP contribution in [0.15, 0.2) is 48.5 Å². The Bertz CT molecular complexity index is 1000. The van der Waals surface area contributed by atoms with E-state index in [-0.39, 0.29) is 43.6 Å². The lowest BCUT2D eigenvalue weighted by atomic mass is 9.96. The van der Waals surface area contributed by atoms with Gasteiger partial charge in [-0.25, -0.2) is 4.39 Å². The highest BCUT2D eigenvalue weighted by Gasteiger charge is 2.42. The number of hydrogen-bond acceptors (Lipinski definition) is 5. The molecule has 2 aromatic carbocycles. The molecule has 0 bridgehead atoms. The highest BCUT2D eigenvalue weighted by Crippen LogP contribution is 2.27. The highest BCUT2D eigenvalue weighted by atomic mass is 35.5. The van der Waals surface area contributed by atoms with E-state index in [0.29, 0.717) is 43.6 Å². The third-order valence-corrected chi connectivity index (χ3v) is 5.98. The molecular weight excluding hydrogens is 451 g/mol. The number of amides is 2. The third kappa shape index (κ3) is 6.01. The molecule has 2 saturated heterocycles. The molecule has 4 rings (SSSR count). The lowest BCUT2D eigenvalue weighted by Crippen LogP contribution is -2.58. The summed E-state index contributed by atoms with van der Waals surface area (Å²) in [5, 5.41) is 0.526. The maximum Gasteiger partial charge on any atom is 0.254 e. The van der Waals surface area contributed by atoms with E-state index >= 15 is 0 Å². The van der Waals surface area contributed by atoms with Crippen molar-refractivity contribution in [2.24, 2.45) is 0 Å². The minimum atomic E-state index is -1.06. The van der Waals surface area contributed by atoms with Gasteiger partial charge < -0.3 is 24.0 Å². The van der Waals surface area contributed by atoms with Gasteiger partial charge in [0.15, 0.2) is 0 Å². The molecule has 9 heteroatoms. The number of benzene rings is 2. The molecule has 33 heavy (non-hydrogen) atoms. The number of hydrogen-bond donors (Lipinski definition) is 0. The number of carbonyl (C=O) groups is 2. The lowest BCUT2D eigenvalue weighted by Gasteiger charge is -2.43. The molecular formula is C24H26ClFN2O5. The van der Waals surface area contributed by atoms with E-state index < -0.39 is 11.4 Å². The Balaban J connectivity index is 1.53. The smallest absolute Gasteiger partial charge is 0.254 e. The zero-order chi connectivity index (χ0) is 23.3. The van der Waals surface area contributed by atoms with E-state index in [1.165, 1.54) is 18.2 Å². The Morgan fingerprint density at radius 2 is 1.79 bits per heavy atom. The number of morpholine rings is 2. The van der Waals surface area contributed by atoms with Crippen LogP contribution in [0.4, 0.5) is 4.39 Å². The summed E-state index contributed by atoms with van der Waals surface area (Å²) >= 11 is 6.06. The molecule has 2 aromatic rings. The number of nitrogens with zero attached hydrogens (tertiary/aromatic N) is 2. The van der Waals surface area contributed by atoms with Gasteiger partial charge in [-0.15, -0.1) is 0 Å². The summed E-state index contributed by atoms with van der Waals surface area (Å²) in [7, 11) is 0. The topological polar surface area (TPSA) is 68.3 Å². The van der Waals surface area contributed by atoms with Gasteiger partial charge in [0.2, 0.25) is 5.91 Å². The van der Waals surface area contributed by atoms with Crippen LogP contribution in [0, 0.1) is 5.82 Å². The molecule has 0 aliphatic carbocycles. The first-order valence-electron chi connectivity index (χ1n) is 10.9. The molecule has 2 aliphatic heterocycles. The van der Waals surface area contributed by atoms with Gasteiger partial charge in [0.25, 0.3) is 5.91 Å². The van der Waals surface area contributed by atoms with Gasteiger partial charge in [-0.05, 0) is 36.4 Å². The van der Waals surface area contributed by atoms with Crippen molar-refractivity contribution in [2.75, 3.05) is 52.6 Å². The van der Waals surface area contributed by atoms with Crippen LogP contribution in [-0.4, -0.2) is 79.8 Å². The van der Waals surface area contributed by atoms with E-state index in [1.807, 2.05) is 0 Å². The van der Waals surface area contributed by atoms with Crippen molar-refractivity contribution in [3.63, 3.8) is 0 Å². The fourth-order valence-corrected chi connectivity index (χ4v) is 4.22. The molecule has 2 aliphatic rings. The fraction of sp³-hybridized carbons (Fsp3) is 0.417. The van der Waals surface area contributed by atoms with Crippen LogP contribution in [0.25, 0.3) is 0 Å². The summed E-state index contributed by atoms with van der Waals surface area (Å²) in [5.74, 6) is -0.346. The molecule has 2 fully saturated rings. The van der Waals surface area contributed by atoms with Gasteiger partial charge >= 0.3 is 0 Å². The molecule has 0 saturated carbocycles. The minimum absolute atomic E-state index is 0.0422. The second kappa shape index (κ2) is 10.5. The molecule has 0 N–H and O–H groups in total. The van der Waals surface area contributed by atoms with Crippen molar-refractivity contribution in [2.45, 2.75) is 12.0 Å². The zero-order valence-corrected chi connectivity index (χ0v) is 18.9. The Labute approximate surface area is 197 Å². The summed E-state index contributed by atoms with van der Waals surface area (Å²) in [6.45, 7) is 2.75. The maximum atomic E-state index is 13.7. The lowest BCUT2D eigenvalue weighted by molar-refractivity contribution is -0.155. The van der Waals surface area contributed by atoms with E-state index in [9.17, 15) is 14.0 Å². The number of ether oxygens (including phenoxy) is 3. The summed E-state index contributed by atoms with van der Waals surface area (Å²) < 4.78 is 31.1. The number of carbonyl (C=O) groups excluding carboxylic acids is 2. The summed E-state index contributed by atoms with van der Waals surface area (Å²) in [5.41, 5.74) is -0.806. The van der Waals surface area contributed by atoms with Gasteiger partial charge in [0.1, 0.15) is 23.8 Å². The average molecular weight is 477 g/mol. The molecule has 176 valence electrons. The number of halogens is 2. The summed E-state index contributed by atoms with van der Waals surface area (Å²) in [6.07, 6.45) is 0.0422. The zero-order valence-electron chi connectivity index (χ0n) is 18.2. The largest absolute Gasteiger partial charge is 0.490 e. The highest BCUT2D eigenvalue weighted by molar-refractivity contribution is 6.30. The summed E-state index contributed by atoms with van der Waals surface area (Å²) in [6, 6.07) is 12.5. The normalized spacial score (nSPS) is 21.0. The molecule has 2 heterocycles. The van der Waals surface area contributed by atoms with Crippen LogP contribution in [0.3, 0.4) is 0 Å². The first-order chi connectivity index (χ1) is 15.9. The SMILES string of the molecule is O=C(C[C@]1(COc2cccc(Cl)c2)CN(C(=O)c2cccc(F)c2)CCO1)N1CCOCC1. The van der Waals surface area contributed by atoms with Crippen LogP contribution >= 0.6 is 11.6 Å². The number of rotatable bonds is 6. The first kappa shape index (κ1) is 23.5. The quantitative estimate of drug-likeness (QED) is 0.641. The van der Waals surface area contributed by atoms with E-state index in [1.54, 1.807) is 40.1 Å². The maximum absolute atomic E-state index is 13.7. The molecule has 0 aromatic heterocycles. The van der Waals surface area contributed by atoms with E-state index in [0.717, 1.165) is 0 Å². The van der Waals surface area contributed by atoms with Crippen LogP contribution in [-0.2, 0) is 14.3 Å². The Kier molecular flexibility index (Phi) is 7.47. The van der Waals surface area contributed by atoms with Crippen molar-refractivity contribution >= 4 is 23.4 Å². The molecule has 1 atom stereocenters. The minimum Gasteiger partial charge on any atom is -0.490 e. The monoisotopic (exact) mass is 476 g/mol. The second-order valence-electron chi connectivity index (χ2n) is 8.18. The Morgan fingerprint density at radius 3 is 2.55 bits per heavy atom. The van der Waals surface area contributed by atoms with E-state index in [4.69, 9.17) is 25.8 Å². The van der Waals surface area contributed by atoms with E-state index in [2.05, 4.69) is 0 Å². The molecule has 0 spiro atoms. The third-order valence-electron chi connectivity index (χ3n) is 5.74. The van der Waals surface area contributed by atoms with Crippen LogP contribution in [0.1, 0.15) is 16.8 Å². The van der Waals surface area contributed by atoms with Gasteiger partial charge in [-0.3, -0.25) is 9.59 Å². The average Bonchev–Trinajstić information content (AvgIpc) is 2.83. The molecule has 7 nitrogen and oxygen atoms in total. The van der Waals surface area contributed by atoms with Crippen molar-refractivity contribution in [1.82, 2.24) is 9.80 Å². The molecule has 0 unspecified atom stereocenters. The van der Waals surface area contributed by atoms with Crippen molar-refractivity contribution in [3.05, 3.63) is 64.9 Å². The van der Waals surface area contributed by atoms with Gasteiger partial charge in [0, 0.05) is 30.2 Å². The molecule has 0 radical (unpaired) electrons. The van der Waals surface area contributed by atoms with Crippen LogP contribution < -0.4 is 4.74 Å². The van der Waals surface area contributed by atoms with Crippen LogP contribution in [0.2, 0.25) is 5.02 Å². The van der Waals surface area contributed by atoms with Gasteiger partial charge in [0.05, 0.1) is 32.8 Å². The first-order valence-corrected chi connectivity index (χ1v) is 11.2. The second-order valence-corrected chi connectivity index (χ2v) is 8.62. The van der Waals surface area contributed by atoms with Crippen molar-refractivity contribution in [3.8, 4) is 5.75 Å². The van der Waals surface area contributed by atoms with Gasteiger partial charge in [-0.1, -0.05) is 23.7 Å². The predicted octanol–water partition coefficient (Wildman–Crippen LogP) is 3.02. The van der Waals surface area contributed by atoms with Gasteiger partial charge in [-0.2, -0.15) is 0 Å². The Hall–Kier alpha value is -2.68. The standard InChI is InChI=1S/C24H26ClFN2O5/c25-19-4-2-6-21(14-19)32-17-24(15-22(29)27-7-10-31-11-8-27)16-28(9-12-33-24)23(30)18-3-1-5-20(26)13-18/h1-6,13-14H,7-12,15-17H2/t24-/m1/s1. The van der Waals surface area contributed by atoms with Crippen molar-refractivity contribution < 1.29 is 28.2 Å². The Morgan fingerprint density at radius 1 is 1.03 bits per heavy atom. The van der Waals surface area contributed by atoms with Crippen molar-refractivity contribution in [1.29, 1.82) is 0 Å². The fourth-order valence-electron chi connectivity index (χ4n) is 4.04. The summed E-state index contributed by atoms with van der Waals surface area (Å²) in [4.78, 5) is 29.5. The molecule has 2 amide bonds. The van der Waals surface area contributed by atoms with Crippen LogP contribution in [0.5, 0.6) is 5.75 Å².